The fourth-order valence-corrected chi connectivity index (χ4v) is 1.37. The smallest absolute Gasteiger partial charge is 0.146 e. The Bertz CT molecular complexity index is 532. The second kappa shape index (κ2) is 4.49. The maximum atomic E-state index is 13.5. The number of pyridine rings is 2. The van der Waals surface area contributed by atoms with Crippen molar-refractivity contribution >= 4 is 0 Å². The number of hydrogen-bond donors (Lipinski definition) is 0. The van der Waals surface area contributed by atoms with Crippen LogP contribution in [0.5, 0.6) is 0 Å². The van der Waals surface area contributed by atoms with Gasteiger partial charge in [0.2, 0.25) is 0 Å². The molecule has 2 heterocycles. The van der Waals surface area contributed by atoms with E-state index in [1.54, 1.807) is 30.7 Å². The van der Waals surface area contributed by atoms with Crippen molar-refractivity contribution in [2.45, 2.75) is 6.42 Å². The van der Waals surface area contributed by atoms with E-state index in [2.05, 4.69) is 9.97 Å². The van der Waals surface area contributed by atoms with E-state index in [4.69, 9.17) is 5.26 Å². The van der Waals surface area contributed by atoms with Gasteiger partial charge in [0, 0.05) is 24.2 Å². The number of aromatic nitrogens is 2. The Labute approximate surface area is 92.2 Å². The molecular weight excluding hydrogens is 205 g/mol. The van der Waals surface area contributed by atoms with Crippen LogP contribution in [0.4, 0.5) is 4.39 Å². The molecule has 0 saturated heterocycles. The molecule has 0 aromatic carbocycles. The van der Waals surface area contributed by atoms with Crippen LogP contribution in [0.2, 0.25) is 0 Å². The maximum absolute atomic E-state index is 13.5. The highest BCUT2D eigenvalue weighted by atomic mass is 19.1. The summed E-state index contributed by atoms with van der Waals surface area (Å²) in [6.45, 7) is 0. The second-order valence-electron chi connectivity index (χ2n) is 3.22. The van der Waals surface area contributed by atoms with Gasteiger partial charge in [0.1, 0.15) is 5.82 Å². The highest BCUT2D eigenvalue weighted by Crippen LogP contribution is 2.19. The molecule has 16 heavy (non-hydrogen) atoms. The molecule has 0 aliphatic rings. The van der Waals surface area contributed by atoms with Crippen LogP contribution >= 0.6 is 0 Å². The van der Waals surface area contributed by atoms with E-state index in [-0.39, 0.29) is 12.1 Å². The van der Waals surface area contributed by atoms with E-state index in [0.717, 1.165) is 5.56 Å². The summed E-state index contributed by atoms with van der Waals surface area (Å²) in [5.74, 6) is -0.448. The molecule has 0 radical (unpaired) electrons. The molecule has 0 amide bonds. The van der Waals surface area contributed by atoms with Gasteiger partial charge >= 0.3 is 0 Å². The van der Waals surface area contributed by atoms with Crippen LogP contribution < -0.4 is 0 Å². The van der Waals surface area contributed by atoms with Gasteiger partial charge in [0.05, 0.1) is 18.2 Å². The number of hydrogen-bond acceptors (Lipinski definition) is 3. The van der Waals surface area contributed by atoms with Crippen LogP contribution in [0.25, 0.3) is 11.1 Å². The summed E-state index contributed by atoms with van der Waals surface area (Å²) in [6, 6.07) is 6.81. The predicted octanol–water partition coefficient (Wildman–Crippen LogP) is 2.35. The van der Waals surface area contributed by atoms with Gasteiger partial charge < -0.3 is 0 Å². The Balaban J connectivity index is 2.39. The molecule has 0 N–H and O–H groups in total. The fraction of sp³-hybridized carbons (Fsp3) is 0.0833. The molecule has 3 nitrogen and oxygen atoms in total. The molecule has 0 unspecified atom stereocenters. The maximum Gasteiger partial charge on any atom is 0.146 e. The topological polar surface area (TPSA) is 49.6 Å². The molecule has 4 heteroatoms. The predicted molar refractivity (Wildman–Crippen MR) is 56.7 cm³/mol. The average molecular weight is 213 g/mol. The quantitative estimate of drug-likeness (QED) is 0.769. The number of rotatable bonds is 2. The van der Waals surface area contributed by atoms with Gasteiger partial charge in [0.15, 0.2) is 0 Å². The lowest BCUT2D eigenvalue weighted by Gasteiger charge is -2.02. The third kappa shape index (κ3) is 2.04. The van der Waals surface area contributed by atoms with Crippen LogP contribution in [0.15, 0.2) is 36.8 Å². The monoisotopic (exact) mass is 213 g/mol. The molecule has 0 aliphatic heterocycles. The SMILES string of the molecule is N#CCc1ncc(-c2ccncc2)cc1F. The summed E-state index contributed by atoms with van der Waals surface area (Å²) in [4.78, 5) is 7.81. The minimum absolute atomic E-state index is 0.0114. The largest absolute Gasteiger partial charge is 0.265 e. The summed E-state index contributed by atoms with van der Waals surface area (Å²) in [5.41, 5.74) is 1.71. The Hall–Kier alpha value is -2.28. The van der Waals surface area contributed by atoms with Crippen molar-refractivity contribution in [1.82, 2.24) is 9.97 Å². The molecule has 0 bridgehead atoms. The fourth-order valence-electron chi connectivity index (χ4n) is 1.37. The van der Waals surface area contributed by atoms with Crippen molar-refractivity contribution in [2.24, 2.45) is 0 Å². The van der Waals surface area contributed by atoms with Crippen molar-refractivity contribution < 1.29 is 4.39 Å². The summed E-state index contributed by atoms with van der Waals surface area (Å²) in [6.07, 6.45) is 4.82. The summed E-state index contributed by atoms with van der Waals surface area (Å²) in [5, 5.41) is 8.47. The molecule has 2 aromatic heterocycles. The average Bonchev–Trinajstić information content (AvgIpc) is 2.33. The molecule has 0 fully saturated rings. The lowest BCUT2D eigenvalue weighted by Crippen LogP contribution is -1.94. The summed E-state index contributed by atoms with van der Waals surface area (Å²) >= 11 is 0. The summed E-state index contributed by atoms with van der Waals surface area (Å²) < 4.78 is 13.5. The van der Waals surface area contributed by atoms with Crippen LogP contribution in [0.1, 0.15) is 5.69 Å². The number of nitriles is 1. The second-order valence-corrected chi connectivity index (χ2v) is 3.22. The first kappa shape index (κ1) is 10.2. The van der Waals surface area contributed by atoms with Crippen LogP contribution in [-0.4, -0.2) is 9.97 Å². The normalized spacial score (nSPS) is 9.75. The van der Waals surface area contributed by atoms with Crippen LogP contribution in [0, 0.1) is 17.1 Å². The van der Waals surface area contributed by atoms with E-state index in [1.807, 2.05) is 6.07 Å². The highest BCUT2D eigenvalue weighted by Gasteiger charge is 2.05. The van der Waals surface area contributed by atoms with Gasteiger partial charge in [-0.3, -0.25) is 9.97 Å². The lowest BCUT2D eigenvalue weighted by atomic mass is 10.1. The van der Waals surface area contributed by atoms with Crippen molar-refractivity contribution in [2.75, 3.05) is 0 Å². The minimum Gasteiger partial charge on any atom is -0.265 e. The molecular formula is C12H8FN3. The Morgan fingerprint density at radius 1 is 1.25 bits per heavy atom. The zero-order chi connectivity index (χ0) is 11.4. The minimum atomic E-state index is -0.448. The first-order valence-corrected chi connectivity index (χ1v) is 4.73. The summed E-state index contributed by atoms with van der Waals surface area (Å²) in [7, 11) is 0. The molecule has 0 saturated carbocycles. The van der Waals surface area contributed by atoms with Crippen molar-refractivity contribution in [3.05, 3.63) is 48.3 Å². The molecule has 0 aliphatic carbocycles. The van der Waals surface area contributed by atoms with Crippen molar-refractivity contribution in [3.63, 3.8) is 0 Å². The van der Waals surface area contributed by atoms with Crippen LogP contribution in [0.3, 0.4) is 0 Å². The molecule has 2 rings (SSSR count). The standard InChI is InChI=1S/C12H8FN3/c13-11-7-10(8-16-12(11)1-4-14)9-2-5-15-6-3-9/h2-3,5-8H,1H2. The van der Waals surface area contributed by atoms with Gasteiger partial charge in [-0.15, -0.1) is 0 Å². The van der Waals surface area contributed by atoms with E-state index < -0.39 is 5.82 Å². The third-order valence-electron chi connectivity index (χ3n) is 2.18. The van der Waals surface area contributed by atoms with Crippen LogP contribution in [-0.2, 0) is 6.42 Å². The van der Waals surface area contributed by atoms with Gasteiger partial charge in [-0.2, -0.15) is 5.26 Å². The van der Waals surface area contributed by atoms with E-state index in [9.17, 15) is 4.39 Å². The molecule has 0 spiro atoms. The van der Waals surface area contributed by atoms with Crippen molar-refractivity contribution in [1.29, 1.82) is 5.26 Å². The molecule has 0 atom stereocenters. The van der Waals surface area contributed by atoms with Gasteiger partial charge in [0.25, 0.3) is 0 Å². The van der Waals surface area contributed by atoms with E-state index in [1.165, 1.54) is 6.07 Å². The number of nitrogens with zero attached hydrogens (tertiary/aromatic N) is 3. The first-order valence-electron chi connectivity index (χ1n) is 4.73. The zero-order valence-corrected chi connectivity index (χ0v) is 8.39. The third-order valence-corrected chi connectivity index (χ3v) is 2.18. The Morgan fingerprint density at radius 2 is 2.00 bits per heavy atom. The lowest BCUT2D eigenvalue weighted by molar-refractivity contribution is 0.606. The Kier molecular flexibility index (Phi) is 2.88. The molecule has 78 valence electrons. The van der Waals surface area contributed by atoms with E-state index in [0.29, 0.717) is 5.56 Å². The zero-order valence-electron chi connectivity index (χ0n) is 8.39. The molecule has 2 aromatic rings. The first-order chi connectivity index (χ1) is 7.81. The van der Waals surface area contributed by atoms with E-state index >= 15 is 0 Å². The van der Waals surface area contributed by atoms with Gasteiger partial charge in [-0.1, -0.05) is 0 Å². The number of halogens is 1. The van der Waals surface area contributed by atoms with Gasteiger partial charge in [-0.25, -0.2) is 4.39 Å². The van der Waals surface area contributed by atoms with Gasteiger partial charge in [-0.05, 0) is 23.8 Å². The highest BCUT2D eigenvalue weighted by molar-refractivity contribution is 5.61. The Morgan fingerprint density at radius 3 is 2.62 bits per heavy atom. The van der Waals surface area contributed by atoms with Crippen molar-refractivity contribution in [3.8, 4) is 17.2 Å².